The van der Waals surface area contributed by atoms with Crippen LogP contribution in [0.2, 0.25) is 0 Å². The van der Waals surface area contributed by atoms with Crippen LogP contribution in [0.5, 0.6) is 0 Å². The van der Waals surface area contributed by atoms with Gasteiger partial charge >= 0.3 is 0 Å². The van der Waals surface area contributed by atoms with Crippen LogP contribution in [0.15, 0.2) is 0 Å². The lowest BCUT2D eigenvalue weighted by Gasteiger charge is -2.34. The van der Waals surface area contributed by atoms with Crippen molar-refractivity contribution in [3.8, 4) is 0 Å². The first-order chi connectivity index (χ1) is 9.01. The third kappa shape index (κ3) is 3.48. The van der Waals surface area contributed by atoms with Crippen molar-refractivity contribution < 1.29 is 4.79 Å². The Morgan fingerprint density at radius 1 is 1.47 bits per heavy atom. The molecular formula is C15H31N3O. The number of hydrogen-bond donors (Lipinski definition) is 2. The maximum absolute atomic E-state index is 11.8. The summed E-state index contributed by atoms with van der Waals surface area (Å²) in [5.41, 5.74) is 5.17. The second-order valence-corrected chi connectivity index (χ2v) is 5.91. The number of likely N-dealkylation sites (N-methyl/N-ethyl adjacent to an activating group) is 1. The minimum absolute atomic E-state index is 0.178. The van der Waals surface area contributed by atoms with E-state index in [1.54, 1.807) is 0 Å². The molecule has 4 nitrogen and oxygen atoms in total. The van der Waals surface area contributed by atoms with Crippen molar-refractivity contribution >= 4 is 5.91 Å². The normalized spacial score (nSPS) is 27.4. The highest BCUT2D eigenvalue weighted by Gasteiger charge is 2.46. The summed E-state index contributed by atoms with van der Waals surface area (Å²) in [5, 5.41) is 3.21. The van der Waals surface area contributed by atoms with Gasteiger partial charge in [0.1, 0.15) is 5.54 Å². The smallest absolute Gasteiger partial charge is 0.238 e. The molecule has 0 radical (unpaired) electrons. The summed E-state index contributed by atoms with van der Waals surface area (Å²) in [7, 11) is 4.06. The SMILES string of the molecule is CCC(CC)N(C)CCC1CCCC1(NC)C(N)=O. The first-order valence-corrected chi connectivity index (χ1v) is 7.70. The van der Waals surface area contributed by atoms with Gasteiger partial charge in [-0.2, -0.15) is 0 Å². The van der Waals surface area contributed by atoms with Gasteiger partial charge in [0.2, 0.25) is 5.91 Å². The minimum atomic E-state index is -0.464. The monoisotopic (exact) mass is 269 g/mol. The van der Waals surface area contributed by atoms with Crippen LogP contribution in [0, 0.1) is 5.92 Å². The Kier molecular flexibility index (Phi) is 6.27. The summed E-state index contributed by atoms with van der Waals surface area (Å²) in [4.78, 5) is 14.2. The third-order valence-electron chi connectivity index (χ3n) is 5.10. The highest BCUT2D eigenvalue weighted by Crippen LogP contribution is 2.37. The number of hydrogen-bond acceptors (Lipinski definition) is 3. The van der Waals surface area contributed by atoms with Crippen LogP contribution in [0.4, 0.5) is 0 Å². The molecule has 0 aromatic rings. The van der Waals surface area contributed by atoms with Crippen LogP contribution in [-0.2, 0) is 4.79 Å². The van der Waals surface area contributed by atoms with Gasteiger partial charge in [0.25, 0.3) is 0 Å². The molecule has 19 heavy (non-hydrogen) atoms. The molecule has 0 aromatic heterocycles. The van der Waals surface area contributed by atoms with Crippen LogP contribution in [-0.4, -0.2) is 43.0 Å². The van der Waals surface area contributed by atoms with Gasteiger partial charge in [-0.1, -0.05) is 20.3 Å². The standard InChI is InChI=1S/C15H31N3O/c1-5-13(6-2)18(4)11-9-12-8-7-10-15(12,17-3)14(16)19/h12-13,17H,5-11H2,1-4H3,(H2,16,19). The molecule has 0 bridgehead atoms. The summed E-state index contributed by atoms with van der Waals surface area (Å²) >= 11 is 0. The zero-order valence-electron chi connectivity index (χ0n) is 13.0. The zero-order valence-corrected chi connectivity index (χ0v) is 13.0. The molecule has 0 spiro atoms. The average Bonchev–Trinajstić information content (AvgIpc) is 2.81. The van der Waals surface area contributed by atoms with Gasteiger partial charge in [0.15, 0.2) is 0 Å². The number of nitrogens with one attached hydrogen (secondary N) is 1. The largest absolute Gasteiger partial charge is 0.368 e. The van der Waals surface area contributed by atoms with Crippen LogP contribution in [0.25, 0.3) is 0 Å². The maximum Gasteiger partial charge on any atom is 0.238 e. The van der Waals surface area contributed by atoms with E-state index in [1.807, 2.05) is 7.05 Å². The molecule has 2 unspecified atom stereocenters. The Morgan fingerprint density at radius 3 is 2.58 bits per heavy atom. The van der Waals surface area contributed by atoms with E-state index < -0.39 is 5.54 Å². The Labute approximate surface area is 118 Å². The van der Waals surface area contributed by atoms with Crippen LogP contribution in [0.3, 0.4) is 0 Å². The highest BCUT2D eigenvalue weighted by atomic mass is 16.1. The van der Waals surface area contributed by atoms with Crippen molar-refractivity contribution in [2.75, 3.05) is 20.6 Å². The van der Waals surface area contributed by atoms with Gasteiger partial charge in [-0.05, 0) is 58.7 Å². The lowest BCUT2D eigenvalue weighted by atomic mass is 9.84. The molecule has 1 amide bonds. The van der Waals surface area contributed by atoms with E-state index in [1.165, 1.54) is 12.8 Å². The van der Waals surface area contributed by atoms with Gasteiger partial charge < -0.3 is 16.0 Å². The van der Waals surface area contributed by atoms with Crippen molar-refractivity contribution in [1.29, 1.82) is 0 Å². The number of primary amides is 1. The highest BCUT2D eigenvalue weighted by molar-refractivity contribution is 5.85. The summed E-state index contributed by atoms with van der Waals surface area (Å²) in [5.74, 6) is 0.203. The van der Waals surface area contributed by atoms with E-state index >= 15 is 0 Å². The van der Waals surface area contributed by atoms with E-state index in [9.17, 15) is 4.79 Å². The summed E-state index contributed by atoms with van der Waals surface area (Å²) < 4.78 is 0. The molecule has 1 rings (SSSR count). The molecule has 4 heteroatoms. The molecule has 0 heterocycles. The van der Waals surface area contributed by atoms with E-state index in [-0.39, 0.29) is 5.91 Å². The van der Waals surface area contributed by atoms with Gasteiger partial charge in [0, 0.05) is 6.04 Å². The molecule has 3 N–H and O–H groups in total. The number of nitrogens with two attached hydrogens (primary N) is 1. The number of nitrogens with zero attached hydrogens (tertiary/aromatic N) is 1. The van der Waals surface area contributed by atoms with Gasteiger partial charge in [-0.3, -0.25) is 4.79 Å². The molecule has 0 saturated heterocycles. The third-order valence-corrected chi connectivity index (χ3v) is 5.10. The van der Waals surface area contributed by atoms with E-state index in [2.05, 4.69) is 31.1 Å². The number of rotatable bonds is 8. The predicted octanol–water partition coefficient (Wildman–Crippen LogP) is 1.74. The summed E-state index contributed by atoms with van der Waals surface area (Å²) in [6.45, 7) is 5.52. The fraction of sp³-hybridized carbons (Fsp3) is 0.933. The predicted molar refractivity (Wildman–Crippen MR) is 79.9 cm³/mol. The fourth-order valence-corrected chi connectivity index (χ4v) is 3.70. The second kappa shape index (κ2) is 7.25. The van der Waals surface area contributed by atoms with E-state index in [4.69, 9.17) is 5.73 Å². The molecule has 1 aliphatic carbocycles. The van der Waals surface area contributed by atoms with Gasteiger partial charge in [0.05, 0.1) is 0 Å². The maximum atomic E-state index is 11.8. The van der Waals surface area contributed by atoms with E-state index in [0.717, 1.165) is 32.2 Å². The van der Waals surface area contributed by atoms with Gasteiger partial charge in [-0.25, -0.2) is 0 Å². The quantitative estimate of drug-likeness (QED) is 0.705. The van der Waals surface area contributed by atoms with Crippen molar-refractivity contribution in [2.45, 2.75) is 64.0 Å². The van der Waals surface area contributed by atoms with Crippen LogP contribution in [0.1, 0.15) is 52.4 Å². The van der Waals surface area contributed by atoms with Crippen molar-refractivity contribution in [3.63, 3.8) is 0 Å². The number of carbonyl (C=O) groups excluding carboxylic acids is 1. The Balaban J connectivity index is 2.59. The second-order valence-electron chi connectivity index (χ2n) is 5.91. The van der Waals surface area contributed by atoms with Crippen LogP contribution < -0.4 is 11.1 Å². The Morgan fingerprint density at radius 2 is 2.11 bits per heavy atom. The lowest BCUT2D eigenvalue weighted by molar-refractivity contribution is -0.125. The Hall–Kier alpha value is -0.610. The Bertz CT molecular complexity index is 291. The van der Waals surface area contributed by atoms with Crippen molar-refractivity contribution in [3.05, 3.63) is 0 Å². The number of carbonyl (C=O) groups is 1. The minimum Gasteiger partial charge on any atom is -0.368 e. The molecule has 112 valence electrons. The topological polar surface area (TPSA) is 58.4 Å². The molecule has 1 fully saturated rings. The molecule has 1 saturated carbocycles. The first kappa shape index (κ1) is 16.4. The molecule has 0 aliphatic heterocycles. The van der Waals surface area contributed by atoms with Crippen LogP contribution >= 0.6 is 0 Å². The zero-order chi connectivity index (χ0) is 14.5. The van der Waals surface area contributed by atoms with Crippen molar-refractivity contribution in [2.24, 2.45) is 11.7 Å². The average molecular weight is 269 g/mol. The van der Waals surface area contributed by atoms with Gasteiger partial charge in [-0.15, -0.1) is 0 Å². The molecule has 2 atom stereocenters. The lowest BCUT2D eigenvalue weighted by Crippen LogP contribution is -2.57. The number of amides is 1. The summed E-state index contributed by atoms with van der Waals surface area (Å²) in [6.07, 6.45) is 6.52. The fourth-order valence-electron chi connectivity index (χ4n) is 3.70. The molecular weight excluding hydrogens is 238 g/mol. The van der Waals surface area contributed by atoms with E-state index in [0.29, 0.717) is 12.0 Å². The molecule has 1 aliphatic rings. The molecule has 0 aromatic carbocycles. The first-order valence-electron chi connectivity index (χ1n) is 7.70. The summed E-state index contributed by atoms with van der Waals surface area (Å²) in [6, 6.07) is 0.652. The van der Waals surface area contributed by atoms with Crippen molar-refractivity contribution in [1.82, 2.24) is 10.2 Å².